The van der Waals surface area contributed by atoms with Crippen molar-refractivity contribution in [2.75, 3.05) is 13.2 Å². The lowest BCUT2D eigenvalue weighted by Crippen LogP contribution is -2.07. The van der Waals surface area contributed by atoms with Gasteiger partial charge < -0.3 is 4.74 Å². The predicted octanol–water partition coefficient (Wildman–Crippen LogP) is 1.62. The molecule has 1 saturated heterocycles. The van der Waals surface area contributed by atoms with E-state index < -0.39 is 0 Å². The van der Waals surface area contributed by atoms with Gasteiger partial charge in [-0.15, -0.1) is 10.2 Å². The molecule has 3 heterocycles. The molecular formula is C12H15N3O. The van der Waals surface area contributed by atoms with Crippen molar-refractivity contribution in [3.8, 4) is 0 Å². The standard InChI is InChI=1S/C12H15N3O/c1-9-2-4-15-11(6-9)13-14-12(15)7-10-3-5-16-8-10/h2,4,6,10H,3,5,7-8H2,1H3. The maximum Gasteiger partial charge on any atom is 0.161 e. The van der Waals surface area contributed by atoms with Crippen LogP contribution in [0.15, 0.2) is 18.3 Å². The Morgan fingerprint density at radius 1 is 1.50 bits per heavy atom. The van der Waals surface area contributed by atoms with Crippen LogP contribution in [0.4, 0.5) is 0 Å². The molecular weight excluding hydrogens is 202 g/mol. The fourth-order valence-electron chi connectivity index (χ4n) is 2.18. The molecule has 2 aromatic heterocycles. The topological polar surface area (TPSA) is 39.4 Å². The first-order valence-electron chi connectivity index (χ1n) is 5.71. The second-order valence-electron chi connectivity index (χ2n) is 4.48. The zero-order valence-corrected chi connectivity index (χ0v) is 9.39. The van der Waals surface area contributed by atoms with Crippen molar-refractivity contribution in [1.29, 1.82) is 0 Å². The number of aryl methyl sites for hydroxylation is 1. The fraction of sp³-hybridized carbons (Fsp3) is 0.500. The van der Waals surface area contributed by atoms with Gasteiger partial charge in [0.25, 0.3) is 0 Å². The van der Waals surface area contributed by atoms with E-state index in [1.807, 2.05) is 0 Å². The van der Waals surface area contributed by atoms with Crippen LogP contribution in [0.3, 0.4) is 0 Å². The van der Waals surface area contributed by atoms with E-state index in [0.29, 0.717) is 5.92 Å². The van der Waals surface area contributed by atoms with E-state index in [1.165, 1.54) is 5.56 Å². The SMILES string of the molecule is Cc1ccn2c(CC3CCOC3)nnc2c1. The normalized spacial score (nSPS) is 20.7. The zero-order valence-electron chi connectivity index (χ0n) is 9.39. The Labute approximate surface area is 94.3 Å². The molecule has 1 atom stereocenters. The molecule has 16 heavy (non-hydrogen) atoms. The van der Waals surface area contributed by atoms with Gasteiger partial charge in [0.1, 0.15) is 5.82 Å². The first-order chi connectivity index (χ1) is 7.83. The van der Waals surface area contributed by atoms with E-state index in [-0.39, 0.29) is 0 Å². The van der Waals surface area contributed by atoms with Gasteiger partial charge in [-0.3, -0.25) is 4.40 Å². The Balaban J connectivity index is 1.91. The molecule has 1 aliphatic heterocycles. The molecule has 84 valence electrons. The van der Waals surface area contributed by atoms with Crippen molar-refractivity contribution in [2.45, 2.75) is 19.8 Å². The predicted molar refractivity (Wildman–Crippen MR) is 60.4 cm³/mol. The van der Waals surface area contributed by atoms with Crippen LogP contribution >= 0.6 is 0 Å². The van der Waals surface area contributed by atoms with Crippen LogP contribution < -0.4 is 0 Å². The molecule has 0 saturated carbocycles. The molecule has 0 spiro atoms. The fourth-order valence-corrected chi connectivity index (χ4v) is 2.18. The molecule has 1 unspecified atom stereocenters. The number of hydrogen-bond acceptors (Lipinski definition) is 3. The average Bonchev–Trinajstić information content (AvgIpc) is 2.89. The summed E-state index contributed by atoms with van der Waals surface area (Å²) < 4.78 is 7.45. The molecule has 0 N–H and O–H groups in total. The monoisotopic (exact) mass is 217 g/mol. The number of pyridine rings is 1. The van der Waals surface area contributed by atoms with E-state index >= 15 is 0 Å². The molecule has 0 amide bonds. The van der Waals surface area contributed by atoms with E-state index in [9.17, 15) is 0 Å². The second-order valence-corrected chi connectivity index (χ2v) is 4.48. The first kappa shape index (κ1) is 9.78. The highest BCUT2D eigenvalue weighted by Crippen LogP contribution is 2.18. The molecule has 2 aromatic rings. The lowest BCUT2D eigenvalue weighted by atomic mass is 10.1. The van der Waals surface area contributed by atoms with Crippen molar-refractivity contribution >= 4 is 5.65 Å². The lowest BCUT2D eigenvalue weighted by molar-refractivity contribution is 0.185. The summed E-state index contributed by atoms with van der Waals surface area (Å²) in [7, 11) is 0. The van der Waals surface area contributed by atoms with Crippen LogP contribution in [-0.2, 0) is 11.2 Å². The Bertz CT molecular complexity index is 500. The molecule has 4 nitrogen and oxygen atoms in total. The lowest BCUT2D eigenvalue weighted by Gasteiger charge is -2.05. The second kappa shape index (κ2) is 3.87. The number of nitrogens with zero attached hydrogens (tertiary/aromatic N) is 3. The highest BCUT2D eigenvalue weighted by atomic mass is 16.5. The minimum Gasteiger partial charge on any atom is -0.381 e. The molecule has 1 fully saturated rings. The Kier molecular flexibility index (Phi) is 2.36. The van der Waals surface area contributed by atoms with Crippen LogP contribution in [0.5, 0.6) is 0 Å². The third-order valence-electron chi connectivity index (χ3n) is 3.13. The molecule has 0 bridgehead atoms. The van der Waals surface area contributed by atoms with E-state index in [0.717, 1.165) is 37.5 Å². The van der Waals surface area contributed by atoms with Gasteiger partial charge in [-0.05, 0) is 37.0 Å². The van der Waals surface area contributed by atoms with Gasteiger partial charge in [0, 0.05) is 25.8 Å². The van der Waals surface area contributed by atoms with Crippen molar-refractivity contribution in [1.82, 2.24) is 14.6 Å². The average molecular weight is 217 g/mol. The summed E-state index contributed by atoms with van der Waals surface area (Å²) in [5.41, 5.74) is 2.16. The number of rotatable bonds is 2. The highest BCUT2D eigenvalue weighted by Gasteiger charge is 2.18. The highest BCUT2D eigenvalue weighted by molar-refractivity contribution is 5.40. The van der Waals surface area contributed by atoms with Gasteiger partial charge in [0.15, 0.2) is 5.65 Å². The Morgan fingerprint density at radius 2 is 2.44 bits per heavy atom. The van der Waals surface area contributed by atoms with Crippen LogP contribution in [-0.4, -0.2) is 27.8 Å². The van der Waals surface area contributed by atoms with Crippen molar-refractivity contribution in [3.63, 3.8) is 0 Å². The molecule has 0 aromatic carbocycles. The van der Waals surface area contributed by atoms with Crippen LogP contribution in [0.1, 0.15) is 17.8 Å². The molecule has 0 aliphatic carbocycles. The number of hydrogen-bond donors (Lipinski definition) is 0. The van der Waals surface area contributed by atoms with Crippen molar-refractivity contribution < 1.29 is 4.74 Å². The summed E-state index contributed by atoms with van der Waals surface area (Å²) in [5, 5.41) is 8.45. The quantitative estimate of drug-likeness (QED) is 0.767. The summed E-state index contributed by atoms with van der Waals surface area (Å²) >= 11 is 0. The van der Waals surface area contributed by atoms with Gasteiger partial charge in [-0.1, -0.05) is 0 Å². The molecule has 0 radical (unpaired) electrons. The van der Waals surface area contributed by atoms with Gasteiger partial charge >= 0.3 is 0 Å². The third kappa shape index (κ3) is 1.69. The molecule has 1 aliphatic rings. The van der Waals surface area contributed by atoms with Crippen molar-refractivity contribution in [3.05, 3.63) is 29.7 Å². The van der Waals surface area contributed by atoms with Crippen LogP contribution in [0, 0.1) is 12.8 Å². The molecule has 4 heteroatoms. The maximum absolute atomic E-state index is 5.38. The first-order valence-corrected chi connectivity index (χ1v) is 5.71. The smallest absolute Gasteiger partial charge is 0.161 e. The van der Waals surface area contributed by atoms with E-state index in [2.05, 4.69) is 39.9 Å². The zero-order chi connectivity index (χ0) is 11.0. The van der Waals surface area contributed by atoms with E-state index in [4.69, 9.17) is 4.74 Å². The van der Waals surface area contributed by atoms with Crippen molar-refractivity contribution in [2.24, 2.45) is 5.92 Å². The molecule has 3 rings (SSSR count). The number of ether oxygens (including phenoxy) is 1. The minimum absolute atomic E-state index is 0.605. The van der Waals surface area contributed by atoms with E-state index in [1.54, 1.807) is 0 Å². The summed E-state index contributed by atoms with van der Waals surface area (Å²) in [5.74, 6) is 1.65. The third-order valence-corrected chi connectivity index (χ3v) is 3.13. The number of aromatic nitrogens is 3. The minimum atomic E-state index is 0.605. The summed E-state index contributed by atoms with van der Waals surface area (Å²) in [6, 6.07) is 4.15. The van der Waals surface area contributed by atoms with Gasteiger partial charge in [0.2, 0.25) is 0 Å². The maximum atomic E-state index is 5.38. The summed E-state index contributed by atoms with van der Waals surface area (Å²) in [6.07, 6.45) is 4.15. The van der Waals surface area contributed by atoms with Gasteiger partial charge in [0.05, 0.1) is 0 Å². The van der Waals surface area contributed by atoms with Crippen LogP contribution in [0.2, 0.25) is 0 Å². The Hall–Kier alpha value is -1.42. The van der Waals surface area contributed by atoms with Crippen LogP contribution in [0.25, 0.3) is 5.65 Å². The summed E-state index contributed by atoms with van der Waals surface area (Å²) in [6.45, 7) is 3.82. The Morgan fingerprint density at radius 3 is 3.25 bits per heavy atom. The largest absolute Gasteiger partial charge is 0.381 e. The van der Waals surface area contributed by atoms with Gasteiger partial charge in [-0.2, -0.15) is 0 Å². The van der Waals surface area contributed by atoms with Gasteiger partial charge in [-0.25, -0.2) is 0 Å². The summed E-state index contributed by atoms with van der Waals surface area (Å²) in [4.78, 5) is 0. The number of fused-ring (bicyclic) bond motifs is 1.